The van der Waals surface area contributed by atoms with Gasteiger partial charge < -0.3 is 10.4 Å². The van der Waals surface area contributed by atoms with Crippen LogP contribution >= 0.6 is 23.5 Å². The van der Waals surface area contributed by atoms with Gasteiger partial charge in [0.2, 0.25) is 5.91 Å². The molecule has 138 valence electrons. The summed E-state index contributed by atoms with van der Waals surface area (Å²) in [6.45, 7) is -0.346. The Bertz CT molecular complexity index is 926. The number of phenols is 1. The van der Waals surface area contributed by atoms with Gasteiger partial charge >= 0.3 is 0 Å². The van der Waals surface area contributed by atoms with E-state index in [0.717, 1.165) is 21.6 Å². The van der Waals surface area contributed by atoms with E-state index in [4.69, 9.17) is 0 Å². The van der Waals surface area contributed by atoms with Crippen molar-refractivity contribution >= 4 is 52.3 Å². The number of nitrogens with one attached hydrogen (secondary N) is 1. The van der Waals surface area contributed by atoms with Crippen molar-refractivity contribution in [2.24, 2.45) is 0 Å². The minimum atomic E-state index is -0.508. The Morgan fingerprint density at radius 1 is 1.22 bits per heavy atom. The van der Waals surface area contributed by atoms with Gasteiger partial charge in [-0.25, -0.2) is 0 Å². The summed E-state index contributed by atoms with van der Waals surface area (Å²) in [7, 11) is 0. The lowest BCUT2D eigenvalue weighted by atomic mass is 10.2. The van der Waals surface area contributed by atoms with Gasteiger partial charge in [-0.15, -0.1) is 11.8 Å². The van der Waals surface area contributed by atoms with Crippen molar-refractivity contribution in [2.45, 2.75) is 4.90 Å². The number of nitrogens with zero attached hydrogens (tertiary/aromatic N) is 1. The monoisotopic (exact) mass is 400 g/mol. The maximum atomic E-state index is 12.5. The van der Waals surface area contributed by atoms with Gasteiger partial charge in [-0.05, 0) is 60.0 Å². The molecule has 0 radical (unpaired) electrons. The van der Waals surface area contributed by atoms with Crippen LogP contribution in [0.25, 0.3) is 6.08 Å². The number of imide groups is 1. The van der Waals surface area contributed by atoms with Crippen molar-refractivity contribution in [3.8, 4) is 5.75 Å². The fraction of sp³-hybridized carbons (Fsp3) is 0.105. The lowest BCUT2D eigenvalue weighted by Gasteiger charge is -2.12. The third-order valence-electron chi connectivity index (χ3n) is 3.72. The molecule has 0 saturated carbocycles. The van der Waals surface area contributed by atoms with Crippen LogP contribution in [0.15, 0.2) is 58.3 Å². The Labute approximate surface area is 164 Å². The Hall–Kier alpha value is -2.71. The number of anilines is 1. The number of aromatic hydroxyl groups is 1. The third-order valence-corrected chi connectivity index (χ3v) is 5.35. The fourth-order valence-corrected chi connectivity index (χ4v) is 3.70. The highest BCUT2D eigenvalue weighted by Crippen LogP contribution is 2.32. The molecule has 0 bridgehead atoms. The van der Waals surface area contributed by atoms with Crippen LogP contribution in [0.4, 0.5) is 10.5 Å². The van der Waals surface area contributed by atoms with Crippen LogP contribution in [0.2, 0.25) is 0 Å². The molecular weight excluding hydrogens is 384 g/mol. The zero-order valence-electron chi connectivity index (χ0n) is 14.3. The minimum absolute atomic E-state index is 0.113. The van der Waals surface area contributed by atoms with E-state index in [2.05, 4.69) is 5.32 Å². The van der Waals surface area contributed by atoms with E-state index in [9.17, 15) is 19.5 Å². The number of phenolic OH excluding ortho intramolecular Hbond substituents is 1. The van der Waals surface area contributed by atoms with Crippen LogP contribution in [-0.2, 0) is 9.59 Å². The molecule has 3 amide bonds. The number of benzene rings is 2. The number of hydrogen-bond donors (Lipinski definition) is 2. The summed E-state index contributed by atoms with van der Waals surface area (Å²) in [6.07, 6.45) is 3.49. The second-order valence-electron chi connectivity index (χ2n) is 5.64. The summed E-state index contributed by atoms with van der Waals surface area (Å²) in [5.41, 5.74) is 1.29. The minimum Gasteiger partial charge on any atom is -0.508 e. The molecule has 0 spiro atoms. The molecule has 1 aliphatic heterocycles. The first-order chi connectivity index (χ1) is 13.0. The van der Waals surface area contributed by atoms with Gasteiger partial charge in [0.25, 0.3) is 11.1 Å². The Balaban J connectivity index is 1.68. The second kappa shape index (κ2) is 8.32. The summed E-state index contributed by atoms with van der Waals surface area (Å²) in [5.74, 6) is -0.838. The van der Waals surface area contributed by atoms with Gasteiger partial charge in [0.05, 0.1) is 4.91 Å². The van der Waals surface area contributed by atoms with Crippen molar-refractivity contribution in [1.82, 2.24) is 4.90 Å². The van der Waals surface area contributed by atoms with E-state index in [0.29, 0.717) is 11.3 Å². The standard InChI is InChI=1S/C19H16N2O4S2/c1-26-15-4-2-3-13(10-15)20-17(23)11-21-18(24)16(27-19(21)25)9-12-5-7-14(22)8-6-12/h2-10,22H,11H2,1H3,(H,20,23)/b16-9+. The average Bonchev–Trinajstić information content (AvgIpc) is 2.91. The zero-order valence-corrected chi connectivity index (χ0v) is 16.0. The molecule has 1 heterocycles. The van der Waals surface area contributed by atoms with Gasteiger partial charge in [-0.2, -0.15) is 0 Å². The number of carbonyl (C=O) groups is 3. The molecule has 8 heteroatoms. The van der Waals surface area contributed by atoms with Gasteiger partial charge in [-0.1, -0.05) is 18.2 Å². The van der Waals surface area contributed by atoms with E-state index < -0.39 is 17.1 Å². The molecular formula is C19H16N2O4S2. The molecule has 0 atom stereocenters. The third kappa shape index (κ3) is 4.72. The molecule has 0 aromatic heterocycles. The van der Waals surface area contributed by atoms with Gasteiger partial charge in [0, 0.05) is 10.6 Å². The topological polar surface area (TPSA) is 86.7 Å². The SMILES string of the molecule is CSc1cccc(NC(=O)CN2C(=O)S/C(=C/c3ccc(O)cc3)C2=O)c1. The molecule has 1 aliphatic rings. The maximum absolute atomic E-state index is 12.5. The first kappa shape index (κ1) is 19.1. The van der Waals surface area contributed by atoms with E-state index in [1.807, 2.05) is 24.5 Å². The predicted molar refractivity (Wildman–Crippen MR) is 108 cm³/mol. The second-order valence-corrected chi connectivity index (χ2v) is 7.51. The van der Waals surface area contributed by atoms with E-state index in [-0.39, 0.29) is 17.2 Å². The molecule has 3 rings (SSSR count). The molecule has 2 aromatic rings. The zero-order chi connectivity index (χ0) is 19.4. The highest BCUT2D eigenvalue weighted by Gasteiger charge is 2.36. The van der Waals surface area contributed by atoms with Crippen LogP contribution in [0, 0.1) is 0 Å². The number of thioether (sulfide) groups is 2. The number of rotatable bonds is 5. The first-order valence-corrected chi connectivity index (χ1v) is 9.98. The number of amides is 3. The Morgan fingerprint density at radius 2 is 1.96 bits per heavy atom. The smallest absolute Gasteiger partial charge is 0.294 e. The van der Waals surface area contributed by atoms with Crippen LogP contribution < -0.4 is 5.32 Å². The van der Waals surface area contributed by atoms with Gasteiger partial charge in [-0.3, -0.25) is 19.3 Å². The average molecular weight is 400 g/mol. The van der Waals surface area contributed by atoms with E-state index in [1.54, 1.807) is 36.0 Å². The number of hydrogen-bond acceptors (Lipinski definition) is 6. The van der Waals surface area contributed by atoms with Crippen LogP contribution in [0.1, 0.15) is 5.56 Å². The Kier molecular flexibility index (Phi) is 5.88. The van der Waals surface area contributed by atoms with Gasteiger partial charge in [0.1, 0.15) is 12.3 Å². The molecule has 27 heavy (non-hydrogen) atoms. The van der Waals surface area contributed by atoms with Crippen molar-refractivity contribution in [1.29, 1.82) is 0 Å². The summed E-state index contributed by atoms with van der Waals surface area (Å²) >= 11 is 2.34. The molecule has 2 aromatic carbocycles. The lowest BCUT2D eigenvalue weighted by Crippen LogP contribution is -2.36. The summed E-state index contributed by atoms with van der Waals surface area (Å²) in [6, 6.07) is 13.6. The van der Waals surface area contributed by atoms with Crippen molar-refractivity contribution in [3.05, 3.63) is 59.0 Å². The maximum Gasteiger partial charge on any atom is 0.294 e. The van der Waals surface area contributed by atoms with Crippen LogP contribution in [0.3, 0.4) is 0 Å². The van der Waals surface area contributed by atoms with Crippen molar-refractivity contribution in [2.75, 3.05) is 18.1 Å². The van der Waals surface area contributed by atoms with E-state index >= 15 is 0 Å². The van der Waals surface area contributed by atoms with Gasteiger partial charge in [0.15, 0.2) is 0 Å². The Morgan fingerprint density at radius 3 is 2.67 bits per heavy atom. The predicted octanol–water partition coefficient (Wildman–Crippen LogP) is 3.79. The molecule has 2 N–H and O–H groups in total. The largest absolute Gasteiger partial charge is 0.508 e. The summed E-state index contributed by atoms with van der Waals surface area (Å²) in [4.78, 5) is 39.0. The fourth-order valence-electron chi connectivity index (χ4n) is 2.40. The number of carbonyl (C=O) groups excluding carboxylic acids is 3. The summed E-state index contributed by atoms with van der Waals surface area (Å²) < 4.78 is 0. The van der Waals surface area contributed by atoms with E-state index in [1.165, 1.54) is 12.1 Å². The van der Waals surface area contributed by atoms with Crippen LogP contribution in [0.5, 0.6) is 5.75 Å². The molecule has 0 unspecified atom stereocenters. The highest BCUT2D eigenvalue weighted by molar-refractivity contribution is 8.18. The van der Waals surface area contributed by atoms with Crippen LogP contribution in [-0.4, -0.2) is 39.9 Å². The molecule has 6 nitrogen and oxygen atoms in total. The van der Waals surface area contributed by atoms with Crippen molar-refractivity contribution in [3.63, 3.8) is 0 Å². The lowest BCUT2D eigenvalue weighted by molar-refractivity contribution is -0.127. The molecule has 0 aliphatic carbocycles. The highest BCUT2D eigenvalue weighted by atomic mass is 32.2. The first-order valence-electron chi connectivity index (χ1n) is 7.94. The molecule has 1 fully saturated rings. The quantitative estimate of drug-likeness (QED) is 0.587. The summed E-state index contributed by atoms with van der Waals surface area (Å²) in [5, 5.41) is 11.5. The van der Waals surface area contributed by atoms with Crippen molar-refractivity contribution < 1.29 is 19.5 Å². The molecule has 1 saturated heterocycles. The normalized spacial score (nSPS) is 15.4.